The fourth-order valence-corrected chi connectivity index (χ4v) is 2.54. The van der Waals surface area contributed by atoms with E-state index in [1.165, 1.54) is 6.07 Å². The van der Waals surface area contributed by atoms with Gasteiger partial charge in [0.1, 0.15) is 5.82 Å². The molecule has 1 aliphatic rings. The summed E-state index contributed by atoms with van der Waals surface area (Å²) in [5, 5.41) is 3.16. The lowest BCUT2D eigenvalue weighted by atomic mass is 9.87. The number of nitrogens with one attached hydrogen (secondary N) is 1. The standard InChI is InChI=1S/C13H15ClFNO/c1-2-13(6-5-12(17)16-13)8-9-3-4-11(15)10(14)7-9/h3-4,7H,2,5-6,8H2,1H3,(H,16,17). The number of carbonyl (C=O) groups is 1. The van der Waals surface area contributed by atoms with E-state index in [1.54, 1.807) is 12.1 Å². The number of hydrogen-bond donors (Lipinski definition) is 1. The first-order valence-electron chi connectivity index (χ1n) is 5.79. The van der Waals surface area contributed by atoms with E-state index in [0.717, 1.165) is 18.4 Å². The van der Waals surface area contributed by atoms with Gasteiger partial charge < -0.3 is 5.32 Å². The Bertz CT molecular complexity index is 449. The summed E-state index contributed by atoms with van der Waals surface area (Å²) in [6.07, 6.45) is 2.98. The lowest BCUT2D eigenvalue weighted by molar-refractivity contribution is -0.119. The smallest absolute Gasteiger partial charge is 0.220 e. The van der Waals surface area contributed by atoms with Crippen LogP contribution in [0.15, 0.2) is 18.2 Å². The number of hydrogen-bond acceptors (Lipinski definition) is 1. The number of rotatable bonds is 3. The molecule has 1 fully saturated rings. The Balaban J connectivity index is 2.18. The molecular formula is C13H15ClFNO. The molecule has 92 valence electrons. The van der Waals surface area contributed by atoms with Crippen LogP contribution in [-0.2, 0) is 11.2 Å². The van der Waals surface area contributed by atoms with Crippen molar-refractivity contribution in [3.8, 4) is 0 Å². The minimum atomic E-state index is -0.406. The predicted octanol–water partition coefficient (Wildman–Crippen LogP) is 3.08. The van der Waals surface area contributed by atoms with Gasteiger partial charge in [-0.2, -0.15) is 0 Å². The van der Waals surface area contributed by atoms with Crippen LogP contribution in [0.2, 0.25) is 5.02 Å². The maximum atomic E-state index is 13.0. The van der Waals surface area contributed by atoms with Crippen molar-refractivity contribution in [2.75, 3.05) is 0 Å². The summed E-state index contributed by atoms with van der Waals surface area (Å²) in [6, 6.07) is 4.74. The molecule has 1 atom stereocenters. The van der Waals surface area contributed by atoms with Crippen LogP contribution in [0.4, 0.5) is 4.39 Å². The van der Waals surface area contributed by atoms with E-state index >= 15 is 0 Å². The Hall–Kier alpha value is -1.09. The molecule has 1 saturated heterocycles. The quantitative estimate of drug-likeness (QED) is 0.884. The van der Waals surface area contributed by atoms with E-state index in [9.17, 15) is 9.18 Å². The molecule has 1 amide bonds. The number of amides is 1. The molecule has 0 radical (unpaired) electrons. The van der Waals surface area contributed by atoms with Gasteiger partial charge in [-0.25, -0.2) is 4.39 Å². The van der Waals surface area contributed by atoms with Gasteiger partial charge in [0.05, 0.1) is 5.02 Å². The van der Waals surface area contributed by atoms with Crippen molar-refractivity contribution >= 4 is 17.5 Å². The summed E-state index contributed by atoms with van der Waals surface area (Å²) in [4.78, 5) is 11.3. The predicted molar refractivity (Wildman–Crippen MR) is 65.5 cm³/mol. The van der Waals surface area contributed by atoms with Crippen molar-refractivity contribution in [1.29, 1.82) is 0 Å². The molecule has 4 heteroatoms. The van der Waals surface area contributed by atoms with Crippen molar-refractivity contribution in [3.63, 3.8) is 0 Å². The molecule has 1 heterocycles. The van der Waals surface area contributed by atoms with Gasteiger partial charge in [0, 0.05) is 12.0 Å². The van der Waals surface area contributed by atoms with Crippen LogP contribution in [0.3, 0.4) is 0 Å². The average molecular weight is 256 g/mol. The molecule has 2 rings (SSSR count). The molecule has 0 spiro atoms. The van der Waals surface area contributed by atoms with Crippen molar-refractivity contribution in [1.82, 2.24) is 5.32 Å². The van der Waals surface area contributed by atoms with E-state index in [-0.39, 0.29) is 16.5 Å². The molecule has 1 aromatic carbocycles. The highest BCUT2D eigenvalue weighted by molar-refractivity contribution is 6.30. The van der Waals surface area contributed by atoms with Crippen LogP contribution in [0, 0.1) is 5.82 Å². The Labute approximate surface area is 105 Å². The zero-order valence-electron chi connectivity index (χ0n) is 9.72. The highest BCUT2D eigenvalue weighted by atomic mass is 35.5. The van der Waals surface area contributed by atoms with Gasteiger partial charge in [-0.15, -0.1) is 0 Å². The van der Waals surface area contributed by atoms with Crippen LogP contribution in [0.5, 0.6) is 0 Å². The highest BCUT2D eigenvalue weighted by Crippen LogP contribution is 2.29. The molecule has 0 aliphatic carbocycles. The molecule has 1 aromatic rings. The zero-order chi connectivity index (χ0) is 12.5. The molecule has 0 aromatic heterocycles. The van der Waals surface area contributed by atoms with Gasteiger partial charge in [-0.05, 0) is 37.0 Å². The molecule has 0 saturated carbocycles. The van der Waals surface area contributed by atoms with E-state index in [0.29, 0.717) is 12.8 Å². The van der Waals surface area contributed by atoms with Gasteiger partial charge in [-0.3, -0.25) is 4.79 Å². The maximum Gasteiger partial charge on any atom is 0.220 e. The number of halogens is 2. The SMILES string of the molecule is CCC1(Cc2ccc(F)c(Cl)c2)CCC(=O)N1. The van der Waals surface area contributed by atoms with Crippen LogP contribution in [-0.4, -0.2) is 11.4 Å². The first kappa shape index (κ1) is 12.4. The summed E-state index contributed by atoms with van der Waals surface area (Å²) in [6.45, 7) is 2.05. The first-order valence-corrected chi connectivity index (χ1v) is 6.17. The monoisotopic (exact) mass is 255 g/mol. The fourth-order valence-electron chi connectivity index (χ4n) is 2.34. The van der Waals surface area contributed by atoms with Crippen LogP contribution in [0.1, 0.15) is 31.7 Å². The molecule has 2 nitrogen and oxygen atoms in total. The lowest BCUT2D eigenvalue weighted by Gasteiger charge is -2.28. The number of carbonyl (C=O) groups excluding carboxylic acids is 1. The van der Waals surface area contributed by atoms with Gasteiger partial charge in [0.25, 0.3) is 0 Å². The molecule has 0 bridgehead atoms. The van der Waals surface area contributed by atoms with Gasteiger partial charge in [-0.1, -0.05) is 24.6 Å². The second-order valence-corrected chi connectivity index (χ2v) is 5.01. The normalized spacial score (nSPS) is 23.8. The summed E-state index contributed by atoms with van der Waals surface area (Å²) in [5.74, 6) is -0.309. The van der Waals surface area contributed by atoms with Gasteiger partial charge in [0.2, 0.25) is 5.91 Å². The Morgan fingerprint density at radius 2 is 2.29 bits per heavy atom. The van der Waals surface area contributed by atoms with Gasteiger partial charge in [0.15, 0.2) is 0 Å². The summed E-state index contributed by atoms with van der Waals surface area (Å²) < 4.78 is 13.0. The Morgan fingerprint density at radius 3 is 2.82 bits per heavy atom. The largest absolute Gasteiger partial charge is 0.350 e. The third kappa shape index (κ3) is 2.60. The van der Waals surface area contributed by atoms with Gasteiger partial charge >= 0.3 is 0 Å². The van der Waals surface area contributed by atoms with Crippen molar-refractivity contribution in [3.05, 3.63) is 34.6 Å². The topological polar surface area (TPSA) is 29.1 Å². The van der Waals surface area contributed by atoms with Crippen LogP contribution < -0.4 is 5.32 Å². The molecular weight excluding hydrogens is 241 g/mol. The fraction of sp³-hybridized carbons (Fsp3) is 0.462. The summed E-state index contributed by atoms with van der Waals surface area (Å²) >= 11 is 5.75. The van der Waals surface area contributed by atoms with E-state index < -0.39 is 5.82 Å². The highest BCUT2D eigenvalue weighted by Gasteiger charge is 2.35. The minimum absolute atomic E-state index is 0.0973. The van der Waals surface area contributed by atoms with Crippen molar-refractivity contribution in [2.45, 2.75) is 38.1 Å². The average Bonchev–Trinajstić information content (AvgIpc) is 2.66. The Kier molecular flexibility index (Phi) is 3.38. The second-order valence-electron chi connectivity index (χ2n) is 4.61. The minimum Gasteiger partial charge on any atom is -0.350 e. The molecule has 1 unspecified atom stereocenters. The third-order valence-corrected chi connectivity index (χ3v) is 3.73. The lowest BCUT2D eigenvalue weighted by Crippen LogP contribution is -2.42. The summed E-state index contributed by atoms with van der Waals surface area (Å²) in [7, 11) is 0. The van der Waals surface area contributed by atoms with Crippen molar-refractivity contribution in [2.24, 2.45) is 0 Å². The zero-order valence-corrected chi connectivity index (χ0v) is 10.5. The second kappa shape index (κ2) is 4.65. The Morgan fingerprint density at radius 1 is 1.53 bits per heavy atom. The van der Waals surface area contributed by atoms with E-state index in [1.807, 2.05) is 0 Å². The molecule has 17 heavy (non-hydrogen) atoms. The third-order valence-electron chi connectivity index (χ3n) is 3.44. The van der Waals surface area contributed by atoms with Crippen LogP contribution in [0.25, 0.3) is 0 Å². The maximum absolute atomic E-state index is 13.0. The first-order chi connectivity index (χ1) is 8.04. The molecule has 1 aliphatic heterocycles. The summed E-state index contributed by atoms with van der Waals surface area (Å²) in [5.41, 5.74) is 0.776. The van der Waals surface area contributed by atoms with Crippen molar-refractivity contribution < 1.29 is 9.18 Å². The van der Waals surface area contributed by atoms with E-state index in [2.05, 4.69) is 12.2 Å². The number of benzene rings is 1. The van der Waals surface area contributed by atoms with Crippen LogP contribution >= 0.6 is 11.6 Å². The molecule has 1 N–H and O–H groups in total. The van der Waals surface area contributed by atoms with E-state index in [4.69, 9.17) is 11.6 Å².